The number of likely N-dealkylation sites (N-methyl/N-ethyl adjacent to an activating group) is 1. The van der Waals surface area contributed by atoms with Crippen LogP contribution in [0.1, 0.15) is 67.8 Å². The molecule has 3 aromatic rings. The van der Waals surface area contributed by atoms with Gasteiger partial charge in [0, 0.05) is 48.2 Å². The first kappa shape index (κ1) is 25.9. The standard InChI is InChI=1S/C32H40N4O3/c1-32(2,31(38)35-17-15-34(3)16-18-35)33-30(37)23-13-14-24-26(21-23)36-19-20-39-27-12-8-7-11-25(27)29(36)28(24)22-9-5-4-6-10-22/h7-8,11-14,21-22H,4-6,9-10,15-20H2,1-3H3,(H,33,37). The van der Waals surface area contributed by atoms with E-state index in [4.69, 9.17) is 4.74 Å². The molecule has 2 aliphatic heterocycles. The van der Waals surface area contributed by atoms with Crippen LogP contribution in [0.25, 0.3) is 22.2 Å². The maximum absolute atomic E-state index is 13.6. The number of hydrogen-bond acceptors (Lipinski definition) is 4. The van der Waals surface area contributed by atoms with E-state index in [-0.39, 0.29) is 11.8 Å². The Hall–Kier alpha value is -3.32. The third-order valence-corrected chi connectivity index (χ3v) is 8.85. The smallest absolute Gasteiger partial charge is 0.252 e. The molecule has 2 aromatic carbocycles. The van der Waals surface area contributed by atoms with Crippen LogP contribution in [0.15, 0.2) is 42.5 Å². The Morgan fingerprint density at radius 1 is 0.949 bits per heavy atom. The highest BCUT2D eigenvalue weighted by molar-refractivity contribution is 6.03. The SMILES string of the molecule is CN1CCN(C(=O)C(C)(C)NC(=O)c2ccc3c(C4CCCCC4)c4n(c3c2)CCOc2ccccc2-4)CC1. The zero-order valence-corrected chi connectivity index (χ0v) is 23.5. The van der Waals surface area contributed by atoms with E-state index in [1.807, 2.05) is 36.9 Å². The first-order valence-electron chi connectivity index (χ1n) is 14.5. The molecule has 2 amide bonds. The summed E-state index contributed by atoms with van der Waals surface area (Å²) in [5.74, 6) is 1.18. The topological polar surface area (TPSA) is 66.8 Å². The molecule has 39 heavy (non-hydrogen) atoms. The van der Waals surface area contributed by atoms with Crippen molar-refractivity contribution in [1.29, 1.82) is 0 Å². The first-order valence-corrected chi connectivity index (χ1v) is 14.5. The van der Waals surface area contributed by atoms with E-state index in [0.717, 1.165) is 36.5 Å². The molecule has 3 heterocycles. The lowest BCUT2D eigenvalue weighted by atomic mass is 9.81. The van der Waals surface area contributed by atoms with Crippen molar-refractivity contribution in [3.05, 3.63) is 53.6 Å². The molecular formula is C32H40N4O3. The average Bonchev–Trinajstić information content (AvgIpc) is 3.14. The molecular weight excluding hydrogens is 488 g/mol. The lowest BCUT2D eigenvalue weighted by Gasteiger charge is -2.37. The van der Waals surface area contributed by atoms with Crippen molar-refractivity contribution in [2.45, 2.75) is 64.0 Å². The number of fused-ring (bicyclic) bond motifs is 5. The summed E-state index contributed by atoms with van der Waals surface area (Å²) < 4.78 is 8.53. The molecule has 1 saturated heterocycles. The predicted octanol–water partition coefficient (Wildman–Crippen LogP) is 5.03. The van der Waals surface area contributed by atoms with Gasteiger partial charge in [0.1, 0.15) is 17.9 Å². The van der Waals surface area contributed by atoms with Gasteiger partial charge < -0.3 is 24.4 Å². The molecule has 1 N–H and O–H groups in total. The molecule has 7 nitrogen and oxygen atoms in total. The number of piperazine rings is 1. The number of rotatable bonds is 4. The molecule has 0 radical (unpaired) electrons. The molecule has 6 rings (SSSR count). The maximum Gasteiger partial charge on any atom is 0.252 e. The Kier molecular flexibility index (Phi) is 6.88. The van der Waals surface area contributed by atoms with Gasteiger partial charge in [0.2, 0.25) is 5.91 Å². The predicted molar refractivity (Wildman–Crippen MR) is 154 cm³/mol. The Bertz CT molecular complexity index is 1390. The Morgan fingerprint density at radius 3 is 2.46 bits per heavy atom. The van der Waals surface area contributed by atoms with Gasteiger partial charge in [-0.2, -0.15) is 0 Å². The monoisotopic (exact) mass is 528 g/mol. The molecule has 0 atom stereocenters. The second-order valence-corrected chi connectivity index (χ2v) is 12.0. The number of carbonyl (C=O) groups excluding carboxylic acids is 2. The number of nitrogens with zero attached hydrogens (tertiary/aromatic N) is 3. The van der Waals surface area contributed by atoms with Crippen LogP contribution in [0.3, 0.4) is 0 Å². The van der Waals surface area contributed by atoms with Crippen molar-refractivity contribution < 1.29 is 14.3 Å². The highest BCUT2D eigenvalue weighted by atomic mass is 16.5. The number of amides is 2. The van der Waals surface area contributed by atoms with E-state index in [2.05, 4.69) is 46.1 Å². The highest BCUT2D eigenvalue weighted by Gasteiger charge is 2.35. The number of carbonyl (C=O) groups is 2. The van der Waals surface area contributed by atoms with Crippen LogP contribution in [0.5, 0.6) is 5.75 Å². The number of benzene rings is 2. The minimum Gasteiger partial charge on any atom is -0.491 e. The fraction of sp³-hybridized carbons (Fsp3) is 0.500. The summed E-state index contributed by atoms with van der Waals surface area (Å²) in [5.41, 5.74) is 4.44. The van der Waals surface area contributed by atoms with Gasteiger partial charge >= 0.3 is 0 Å². The van der Waals surface area contributed by atoms with Crippen LogP contribution >= 0.6 is 0 Å². The van der Waals surface area contributed by atoms with E-state index in [1.165, 1.54) is 48.7 Å². The fourth-order valence-electron chi connectivity index (χ4n) is 6.69. The average molecular weight is 529 g/mol. The van der Waals surface area contributed by atoms with Crippen LogP contribution in [-0.2, 0) is 11.3 Å². The lowest BCUT2D eigenvalue weighted by molar-refractivity contribution is -0.138. The molecule has 206 valence electrons. The molecule has 7 heteroatoms. The molecule has 2 fully saturated rings. The van der Waals surface area contributed by atoms with Crippen LogP contribution in [0.2, 0.25) is 0 Å². The maximum atomic E-state index is 13.6. The summed E-state index contributed by atoms with van der Waals surface area (Å²) in [4.78, 5) is 31.0. The second kappa shape index (κ2) is 10.3. The van der Waals surface area contributed by atoms with Gasteiger partial charge in [-0.05, 0) is 69.5 Å². The summed E-state index contributed by atoms with van der Waals surface area (Å²) in [5, 5.41) is 4.28. The van der Waals surface area contributed by atoms with Gasteiger partial charge in [0.15, 0.2) is 0 Å². The summed E-state index contributed by atoms with van der Waals surface area (Å²) >= 11 is 0. The van der Waals surface area contributed by atoms with Gasteiger partial charge in [0.25, 0.3) is 5.91 Å². The minimum atomic E-state index is -0.988. The molecule has 0 spiro atoms. The molecule has 1 aliphatic carbocycles. The van der Waals surface area contributed by atoms with E-state index < -0.39 is 5.54 Å². The van der Waals surface area contributed by atoms with Gasteiger partial charge in [-0.15, -0.1) is 0 Å². The van der Waals surface area contributed by atoms with Crippen molar-refractivity contribution in [1.82, 2.24) is 19.7 Å². The van der Waals surface area contributed by atoms with Gasteiger partial charge in [-0.1, -0.05) is 37.5 Å². The van der Waals surface area contributed by atoms with Crippen molar-refractivity contribution in [3.8, 4) is 17.0 Å². The van der Waals surface area contributed by atoms with Crippen LogP contribution < -0.4 is 10.1 Å². The van der Waals surface area contributed by atoms with Crippen LogP contribution in [0, 0.1) is 0 Å². The van der Waals surface area contributed by atoms with Crippen LogP contribution in [-0.4, -0.2) is 71.6 Å². The summed E-state index contributed by atoms with van der Waals surface area (Å²) in [7, 11) is 2.07. The van der Waals surface area contributed by atoms with Gasteiger partial charge in [-0.25, -0.2) is 0 Å². The lowest BCUT2D eigenvalue weighted by Crippen LogP contribution is -2.59. The first-order chi connectivity index (χ1) is 18.8. The van der Waals surface area contributed by atoms with Gasteiger partial charge in [-0.3, -0.25) is 9.59 Å². The normalized spacial score (nSPS) is 18.7. The number of hydrogen-bond donors (Lipinski definition) is 1. The van der Waals surface area contributed by atoms with Crippen molar-refractivity contribution in [3.63, 3.8) is 0 Å². The van der Waals surface area contributed by atoms with E-state index in [0.29, 0.717) is 31.2 Å². The molecule has 0 bridgehead atoms. The second-order valence-electron chi connectivity index (χ2n) is 12.0. The van der Waals surface area contributed by atoms with E-state index >= 15 is 0 Å². The molecule has 3 aliphatic rings. The zero-order chi connectivity index (χ0) is 27.1. The Labute approximate surface area is 231 Å². The minimum absolute atomic E-state index is 0.0325. The third kappa shape index (κ3) is 4.82. The number of aromatic nitrogens is 1. The number of ether oxygens (including phenoxy) is 1. The van der Waals surface area contributed by atoms with Crippen molar-refractivity contribution >= 4 is 22.7 Å². The largest absolute Gasteiger partial charge is 0.491 e. The van der Waals surface area contributed by atoms with Crippen LogP contribution in [0.4, 0.5) is 0 Å². The summed E-state index contributed by atoms with van der Waals surface area (Å²) in [6.07, 6.45) is 6.20. The zero-order valence-electron chi connectivity index (χ0n) is 23.5. The fourth-order valence-corrected chi connectivity index (χ4v) is 6.69. The summed E-state index contributed by atoms with van der Waals surface area (Å²) in [6, 6.07) is 14.4. The molecule has 1 saturated carbocycles. The van der Waals surface area contributed by atoms with Gasteiger partial charge in [0.05, 0.1) is 12.2 Å². The third-order valence-electron chi connectivity index (χ3n) is 8.85. The summed E-state index contributed by atoms with van der Waals surface area (Å²) in [6.45, 7) is 8.00. The highest BCUT2D eigenvalue weighted by Crippen LogP contribution is 2.47. The van der Waals surface area contributed by atoms with Crippen molar-refractivity contribution in [2.75, 3.05) is 39.8 Å². The quantitative estimate of drug-likeness (QED) is 0.516. The van der Waals surface area contributed by atoms with E-state index in [9.17, 15) is 9.59 Å². The van der Waals surface area contributed by atoms with Crippen molar-refractivity contribution in [2.24, 2.45) is 0 Å². The molecule has 1 aromatic heterocycles. The number of nitrogens with one attached hydrogen (secondary N) is 1. The number of para-hydroxylation sites is 1. The van der Waals surface area contributed by atoms with E-state index in [1.54, 1.807) is 0 Å². The Balaban J connectivity index is 1.37. The Morgan fingerprint density at radius 2 is 1.69 bits per heavy atom. The molecule has 0 unspecified atom stereocenters.